The van der Waals surface area contributed by atoms with Crippen LogP contribution in [-0.4, -0.2) is 30.4 Å². The van der Waals surface area contributed by atoms with Crippen LogP contribution in [0.1, 0.15) is 37.7 Å². The highest BCUT2D eigenvalue weighted by Crippen LogP contribution is 2.44. The van der Waals surface area contributed by atoms with Crippen molar-refractivity contribution in [1.82, 2.24) is 0 Å². The third kappa shape index (κ3) is 2.40. The predicted molar refractivity (Wildman–Crippen MR) is 74.1 cm³/mol. The minimum absolute atomic E-state index is 0.215. The van der Waals surface area contributed by atoms with E-state index in [1.54, 1.807) is 0 Å². The Bertz CT molecular complexity index is 470. The predicted octanol–water partition coefficient (Wildman–Crippen LogP) is 2.75. The average Bonchev–Trinajstić information content (AvgIpc) is 2.40. The summed E-state index contributed by atoms with van der Waals surface area (Å²) in [6, 6.07) is 7.60. The van der Waals surface area contributed by atoms with Crippen molar-refractivity contribution in [3.8, 4) is 5.75 Å². The number of carboxylic acids is 1. The topological polar surface area (TPSA) is 55.8 Å². The Morgan fingerprint density at radius 1 is 1.20 bits per heavy atom. The molecule has 4 nitrogen and oxygen atoms in total. The van der Waals surface area contributed by atoms with Crippen molar-refractivity contribution in [1.29, 1.82) is 0 Å². The molecule has 2 fully saturated rings. The standard InChI is InChI=1S/C16H20O4/c17-15(18)16(8-1-9-16)12-2-4-13(5-3-12)20-14-6-10-19-11-7-14/h2-5,14H,1,6-11H2,(H,17,18). The Morgan fingerprint density at radius 2 is 1.85 bits per heavy atom. The quantitative estimate of drug-likeness (QED) is 0.918. The lowest BCUT2D eigenvalue weighted by Crippen LogP contribution is -2.42. The molecule has 1 N–H and O–H groups in total. The summed E-state index contributed by atoms with van der Waals surface area (Å²) in [5.41, 5.74) is 0.243. The van der Waals surface area contributed by atoms with Gasteiger partial charge in [0, 0.05) is 12.8 Å². The summed E-state index contributed by atoms with van der Waals surface area (Å²) < 4.78 is 11.2. The van der Waals surface area contributed by atoms with E-state index >= 15 is 0 Å². The smallest absolute Gasteiger partial charge is 0.314 e. The lowest BCUT2D eigenvalue weighted by atomic mass is 9.64. The molecule has 0 amide bonds. The summed E-state index contributed by atoms with van der Waals surface area (Å²) in [5.74, 6) is 0.113. The molecule has 1 aliphatic carbocycles. The van der Waals surface area contributed by atoms with Gasteiger partial charge in [-0.2, -0.15) is 0 Å². The summed E-state index contributed by atoms with van der Waals surface area (Å²) in [4.78, 5) is 11.5. The first-order valence-corrected chi connectivity index (χ1v) is 7.29. The molecule has 108 valence electrons. The molecule has 1 saturated heterocycles. The molecule has 4 heteroatoms. The number of rotatable bonds is 4. The number of hydrogen-bond acceptors (Lipinski definition) is 3. The summed E-state index contributed by atoms with van der Waals surface area (Å²) >= 11 is 0. The second kappa shape index (κ2) is 5.44. The van der Waals surface area contributed by atoms with Gasteiger partial charge in [0.05, 0.1) is 18.6 Å². The van der Waals surface area contributed by atoms with E-state index in [-0.39, 0.29) is 6.10 Å². The van der Waals surface area contributed by atoms with Crippen LogP contribution < -0.4 is 4.74 Å². The molecule has 0 unspecified atom stereocenters. The zero-order valence-electron chi connectivity index (χ0n) is 11.5. The van der Waals surface area contributed by atoms with Crippen molar-refractivity contribution < 1.29 is 19.4 Å². The largest absolute Gasteiger partial charge is 0.490 e. The molecule has 1 aromatic carbocycles. The number of ether oxygens (including phenoxy) is 2. The van der Waals surface area contributed by atoms with E-state index in [9.17, 15) is 9.90 Å². The van der Waals surface area contributed by atoms with Crippen molar-refractivity contribution in [2.45, 2.75) is 43.6 Å². The molecular weight excluding hydrogens is 256 g/mol. The highest BCUT2D eigenvalue weighted by Gasteiger charge is 2.45. The van der Waals surface area contributed by atoms with E-state index < -0.39 is 11.4 Å². The van der Waals surface area contributed by atoms with Gasteiger partial charge in [-0.3, -0.25) is 4.79 Å². The SMILES string of the molecule is O=C(O)C1(c2ccc(OC3CCOCC3)cc2)CCC1. The third-order valence-electron chi connectivity index (χ3n) is 4.49. The fraction of sp³-hybridized carbons (Fsp3) is 0.562. The fourth-order valence-corrected chi connectivity index (χ4v) is 3.00. The number of aliphatic carboxylic acids is 1. The van der Waals surface area contributed by atoms with E-state index in [1.807, 2.05) is 24.3 Å². The van der Waals surface area contributed by atoms with Crippen LogP contribution in [0.2, 0.25) is 0 Å². The highest BCUT2D eigenvalue weighted by atomic mass is 16.5. The first kappa shape index (κ1) is 13.4. The van der Waals surface area contributed by atoms with Crippen molar-refractivity contribution in [3.63, 3.8) is 0 Å². The van der Waals surface area contributed by atoms with Crippen molar-refractivity contribution in [3.05, 3.63) is 29.8 Å². The molecule has 1 saturated carbocycles. The lowest BCUT2D eigenvalue weighted by Gasteiger charge is -2.38. The molecular formula is C16H20O4. The van der Waals surface area contributed by atoms with Crippen molar-refractivity contribution >= 4 is 5.97 Å². The van der Waals surface area contributed by atoms with E-state index in [0.717, 1.165) is 56.6 Å². The van der Waals surface area contributed by atoms with Crippen LogP contribution in [-0.2, 0) is 14.9 Å². The van der Waals surface area contributed by atoms with Gasteiger partial charge in [0.25, 0.3) is 0 Å². The maximum atomic E-state index is 11.5. The summed E-state index contributed by atoms with van der Waals surface area (Å²) in [6.45, 7) is 1.51. The van der Waals surface area contributed by atoms with Crippen LogP contribution in [0.5, 0.6) is 5.75 Å². The van der Waals surface area contributed by atoms with Gasteiger partial charge in [-0.15, -0.1) is 0 Å². The van der Waals surface area contributed by atoms with Gasteiger partial charge in [0.1, 0.15) is 11.9 Å². The molecule has 2 aliphatic rings. The zero-order chi connectivity index (χ0) is 14.0. The van der Waals surface area contributed by atoms with Crippen LogP contribution in [0.25, 0.3) is 0 Å². The lowest BCUT2D eigenvalue weighted by molar-refractivity contribution is -0.147. The Hall–Kier alpha value is -1.55. The molecule has 3 rings (SSSR count). The van der Waals surface area contributed by atoms with Gasteiger partial charge < -0.3 is 14.6 Å². The Kier molecular flexibility index (Phi) is 3.66. The third-order valence-corrected chi connectivity index (χ3v) is 4.49. The van der Waals surface area contributed by atoms with Gasteiger partial charge >= 0.3 is 5.97 Å². The first-order chi connectivity index (χ1) is 9.71. The normalized spacial score (nSPS) is 22.0. The Balaban J connectivity index is 1.69. The van der Waals surface area contributed by atoms with Crippen LogP contribution >= 0.6 is 0 Å². The fourth-order valence-electron chi connectivity index (χ4n) is 3.00. The molecule has 1 aromatic rings. The summed E-state index contributed by atoms with van der Waals surface area (Å²) in [5, 5.41) is 9.42. The number of carbonyl (C=O) groups is 1. The van der Waals surface area contributed by atoms with Crippen LogP contribution in [0, 0.1) is 0 Å². The molecule has 0 radical (unpaired) electrons. The van der Waals surface area contributed by atoms with Gasteiger partial charge in [-0.25, -0.2) is 0 Å². The van der Waals surface area contributed by atoms with Gasteiger partial charge in [0.15, 0.2) is 0 Å². The average molecular weight is 276 g/mol. The second-order valence-electron chi connectivity index (χ2n) is 5.69. The molecule has 0 bridgehead atoms. The van der Waals surface area contributed by atoms with E-state index in [4.69, 9.17) is 9.47 Å². The Morgan fingerprint density at radius 3 is 2.35 bits per heavy atom. The maximum Gasteiger partial charge on any atom is 0.314 e. The van der Waals surface area contributed by atoms with Gasteiger partial charge in [-0.1, -0.05) is 18.6 Å². The minimum Gasteiger partial charge on any atom is -0.490 e. The first-order valence-electron chi connectivity index (χ1n) is 7.29. The van der Waals surface area contributed by atoms with Crippen LogP contribution in [0.4, 0.5) is 0 Å². The summed E-state index contributed by atoms with van der Waals surface area (Å²) in [7, 11) is 0. The van der Waals surface area contributed by atoms with E-state index in [0.29, 0.717) is 0 Å². The van der Waals surface area contributed by atoms with Crippen molar-refractivity contribution in [2.75, 3.05) is 13.2 Å². The summed E-state index contributed by atoms with van der Waals surface area (Å²) in [6.07, 6.45) is 4.52. The van der Waals surface area contributed by atoms with Gasteiger partial charge in [-0.05, 0) is 30.5 Å². The molecule has 0 spiro atoms. The Labute approximate surface area is 118 Å². The molecule has 1 aliphatic heterocycles. The zero-order valence-corrected chi connectivity index (χ0v) is 11.5. The molecule has 0 aromatic heterocycles. The maximum absolute atomic E-state index is 11.5. The van der Waals surface area contributed by atoms with Crippen LogP contribution in [0.3, 0.4) is 0 Å². The molecule has 0 atom stereocenters. The number of carboxylic acid groups (broad SMARTS) is 1. The van der Waals surface area contributed by atoms with Gasteiger partial charge in [0.2, 0.25) is 0 Å². The van der Waals surface area contributed by atoms with Crippen LogP contribution in [0.15, 0.2) is 24.3 Å². The molecule has 1 heterocycles. The van der Waals surface area contributed by atoms with Crippen molar-refractivity contribution in [2.24, 2.45) is 0 Å². The van der Waals surface area contributed by atoms with E-state index in [1.165, 1.54) is 0 Å². The monoisotopic (exact) mass is 276 g/mol. The number of benzene rings is 1. The highest BCUT2D eigenvalue weighted by molar-refractivity contribution is 5.82. The second-order valence-corrected chi connectivity index (χ2v) is 5.69. The molecule has 20 heavy (non-hydrogen) atoms. The minimum atomic E-state index is -0.707. The number of hydrogen-bond donors (Lipinski definition) is 1. The van der Waals surface area contributed by atoms with E-state index in [2.05, 4.69) is 0 Å².